The van der Waals surface area contributed by atoms with E-state index in [-0.39, 0.29) is 24.4 Å². The van der Waals surface area contributed by atoms with E-state index in [1.165, 1.54) is 0 Å². The van der Waals surface area contributed by atoms with Gasteiger partial charge in [-0.25, -0.2) is 4.98 Å². The molecule has 1 aliphatic rings. The first-order valence-corrected chi connectivity index (χ1v) is 6.48. The van der Waals surface area contributed by atoms with Crippen molar-refractivity contribution in [3.63, 3.8) is 0 Å². The molecule has 7 heteroatoms. The predicted molar refractivity (Wildman–Crippen MR) is 76.9 cm³/mol. The molecule has 2 N–H and O–H groups in total. The van der Waals surface area contributed by atoms with Gasteiger partial charge in [0.05, 0.1) is 16.6 Å². The van der Waals surface area contributed by atoms with Crippen LogP contribution in [0.1, 0.15) is 29.4 Å². The molecule has 1 fully saturated rings. The maximum atomic E-state index is 12.3. The van der Waals surface area contributed by atoms with Crippen LogP contribution in [0.4, 0.5) is 0 Å². The average molecular weight is 297 g/mol. The average Bonchev–Trinajstić information content (AvgIpc) is 3.03. The highest BCUT2D eigenvalue weighted by molar-refractivity contribution is 5.97. The Hall–Kier alpha value is -1.66. The van der Waals surface area contributed by atoms with Crippen LogP contribution in [0, 0.1) is 0 Å². The second-order valence-corrected chi connectivity index (χ2v) is 4.86. The molecule has 0 spiro atoms. The summed E-state index contributed by atoms with van der Waals surface area (Å²) in [5.74, 6) is -0.0226. The number of hydrogen-bond acceptors (Lipinski definition) is 5. The molecule has 6 nitrogen and oxygen atoms in total. The molecule has 3 heterocycles. The largest absolute Gasteiger partial charge is 0.337 e. The Bertz CT molecular complexity index is 628. The number of nitrogens with zero attached hydrogens (tertiary/aromatic N) is 3. The fourth-order valence-corrected chi connectivity index (χ4v) is 2.41. The van der Waals surface area contributed by atoms with Crippen LogP contribution < -0.4 is 5.73 Å². The van der Waals surface area contributed by atoms with Crippen molar-refractivity contribution in [2.75, 3.05) is 13.1 Å². The quantitative estimate of drug-likeness (QED) is 0.905. The van der Waals surface area contributed by atoms with E-state index in [2.05, 4.69) is 10.1 Å². The third kappa shape index (κ3) is 2.48. The molecule has 1 atom stereocenters. The molecule has 0 aliphatic carbocycles. The first-order chi connectivity index (χ1) is 9.19. The second-order valence-electron chi connectivity index (χ2n) is 4.86. The van der Waals surface area contributed by atoms with E-state index in [0.29, 0.717) is 24.4 Å². The molecule has 1 saturated heterocycles. The Morgan fingerprint density at radius 2 is 2.40 bits per heavy atom. The minimum atomic E-state index is -0.0226. The summed E-state index contributed by atoms with van der Waals surface area (Å²) in [4.78, 5) is 18.3. The molecule has 3 rings (SSSR count). The van der Waals surface area contributed by atoms with Crippen molar-refractivity contribution >= 4 is 29.4 Å². The SMILES string of the molecule is CCc1noc2ncc(C(=O)N3CC[C@@H](N)C3)cc12.Cl. The summed E-state index contributed by atoms with van der Waals surface area (Å²) < 4.78 is 5.11. The maximum absolute atomic E-state index is 12.3. The van der Waals surface area contributed by atoms with Crippen LogP contribution in [-0.2, 0) is 6.42 Å². The van der Waals surface area contributed by atoms with E-state index >= 15 is 0 Å². The number of amides is 1. The fourth-order valence-electron chi connectivity index (χ4n) is 2.41. The summed E-state index contributed by atoms with van der Waals surface area (Å²) in [6.45, 7) is 3.31. The van der Waals surface area contributed by atoms with Crippen LogP contribution in [0.25, 0.3) is 11.1 Å². The van der Waals surface area contributed by atoms with Crippen LogP contribution >= 0.6 is 12.4 Å². The second kappa shape index (κ2) is 5.76. The number of rotatable bonds is 2. The number of pyridine rings is 1. The summed E-state index contributed by atoms with van der Waals surface area (Å²) in [5, 5.41) is 4.76. The van der Waals surface area contributed by atoms with Gasteiger partial charge in [0.1, 0.15) is 0 Å². The summed E-state index contributed by atoms with van der Waals surface area (Å²) in [7, 11) is 0. The Balaban J connectivity index is 0.00000147. The van der Waals surface area contributed by atoms with E-state index in [0.717, 1.165) is 23.9 Å². The summed E-state index contributed by atoms with van der Waals surface area (Å²) in [6, 6.07) is 1.89. The van der Waals surface area contributed by atoms with E-state index in [1.807, 2.05) is 13.0 Å². The Kier molecular flexibility index (Phi) is 4.25. The van der Waals surface area contributed by atoms with E-state index in [9.17, 15) is 4.79 Å². The Morgan fingerprint density at radius 1 is 1.60 bits per heavy atom. The lowest BCUT2D eigenvalue weighted by molar-refractivity contribution is 0.0790. The number of aryl methyl sites for hydroxylation is 1. The lowest BCUT2D eigenvalue weighted by Gasteiger charge is -2.15. The van der Waals surface area contributed by atoms with Crippen molar-refractivity contribution in [3.05, 3.63) is 23.5 Å². The molecular weight excluding hydrogens is 280 g/mol. The Morgan fingerprint density at radius 3 is 3.05 bits per heavy atom. The van der Waals surface area contributed by atoms with Crippen LogP contribution in [0.3, 0.4) is 0 Å². The minimum absolute atomic E-state index is 0. The van der Waals surface area contributed by atoms with Gasteiger partial charge < -0.3 is 15.2 Å². The molecule has 1 amide bonds. The van der Waals surface area contributed by atoms with Gasteiger partial charge in [-0.3, -0.25) is 4.79 Å². The first kappa shape index (κ1) is 14.7. The van der Waals surface area contributed by atoms with E-state index in [4.69, 9.17) is 10.3 Å². The molecular formula is C13H17ClN4O2. The van der Waals surface area contributed by atoms with Gasteiger partial charge >= 0.3 is 0 Å². The van der Waals surface area contributed by atoms with Crippen molar-refractivity contribution in [1.29, 1.82) is 0 Å². The highest BCUT2D eigenvalue weighted by Crippen LogP contribution is 2.20. The number of likely N-dealkylation sites (tertiary alicyclic amines) is 1. The number of fused-ring (bicyclic) bond motifs is 1. The van der Waals surface area contributed by atoms with Crippen LogP contribution in [0.5, 0.6) is 0 Å². The van der Waals surface area contributed by atoms with Crippen molar-refractivity contribution in [3.8, 4) is 0 Å². The third-order valence-corrected chi connectivity index (χ3v) is 3.50. The van der Waals surface area contributed by atoms with Gasteiger partial charge in [-0.1, -0.05) is 12.1 Å². The summed E-state index contributed by atoms with van der Waals surface area (Å²) >= 11 is 0. The molecule has 1 aliphatic heterocycles. The number of hydrogen-bond donors (Lipinski definition) is 1. The normalized spacial score (nSPS) is 18.3. The zero-order valence-electron chi connectivity index (χ0n) is 11.2. The van der Waals surface area contributed by atoms with Gasteiger partial charge in [-0.15, -0.1) is 12.4 Å². The van der Waals surface area contributed by atoms with Crippen LogP contribution in [0.15, 0.2) is 16.8 Å². The number of nitrogens with two attached hydrogens (primary N) is 1. The molecule has 2 aromatic heterocycles. The third-order valence-electron chi connectivity index (χ3n) is 3.50. The molecule has 2 aromatic rings. The van der Waals surface area contributed by atoms with Crippen molar-refractivity contribution in [1.82, 2.24) is 15.0 Å². The topological polar surface area (TPSA) is 85.2 Å². The number of halogens is 1. The lowest BCUT2D eigenvalue weighted by Crippen LogP contribution is -2.31. The van der Waals surface area contributed by atoms with Gasteiger partial charge in [-0.2, -0.15) is 0 Å². The monoisotopic (exact) mass is 296 g/mol. The summed E-state index contributed by atoms with van der Waals surface area (Å²) in [6.07, 6.45) is 3.15. The van der Waals surface area contributed by atoms with E-state index in [1.54, 1.807) is 11.1 Å². The highest BCUT2D eigenvalue weighted by atomic mass is 35.5. The van der Waals surface area contributed by atoms with E-state index < -0.39 is 0 Å². The van der Waals surface area contributed by atoms with Gasteiger partial charge in [0.15, 0.2) is 0 Å². The predicted octanol–water partition coefficient (Wildman–Crippen LogP) is 1.38. The molecule has 0 bridgehead atoms. The molecule has 108 valence electrons. The molecule has 0 saturated carbocycles. The zero-order valence-corrected chi connectivity index (χ0v) is 12.0. The number of carbonyl (C=O) groups excluding carboxylic acids is 1. The smallest absolute Gasteiger partial charge is 0.257 e. The fraction of sp³-hybridized carbons (Fsp3) is 0.462. The summed E-state index contributed by atoms with van der Waals surface area (Å²) in [5.41, 5.74) is 7.70. The van der Waals surface area contributed by atoms with Crippen molar-refractivity contribution in [2.24, 2.45) is 5.73 Å². The van der Waals surface area contributed by atoms with Crippen LogP contribution in [-0.4, -0.2) is 40.1 Å². The Labute approximate surface area is 122 Å². The molecule has 0 unspecified atom stereocenters. The van der Waals surface area contributed by atoms with Gasteiger partial charge in [0.2, 0.25) is 0 Å². The molecule has 0 radical (unpaired) electrons. The standard InChI is InChI=1S/C13H16N4O2.ClH/c1-2-11-10-5-8(6-15-12(10)19-16-11)13(18)17-4-3-9(14)7-17;/h5-6,9H,2-4,7,14H2,1H3;1H/t9-;/m1./s1. The highest BCUT2D eigenvalue weighted by Gasteiger charge is 2.25. The first-order valence-electron chi connectivity index (χ1n) is 6.48. The van der Waals surface area contributed by atoms with Crippen molar-refractivity contribution < 1.29 is 9.32 Å². The van der Waals surface area contributed by atoms with Gasteiger partial charge in [-0.05, 0) is 18.9 Å². The van der Waals surface area contributed by atoms with Gasteiger partial charge in [0.25, 0.3) is 11.6 Å². The van der Waals surface area contributed by atoms with Crippen molar-refractivity contribution in [2.45, 2.75) is 25.8 Å². The maximum Gasteiger partial charge on any atom is 0.257 e. The molecule has 0 aromatic carbocycles. The lowest BCUT2D eigenvalue weighted by atomic mass is 10.1. The zero-order chi connectivity index (χ0) is 13.4. The number of aromatic nitrogens is 2. The van der Waals surface area contributed by atoms with Crippen LogP contribution in [0.2, 0.25) is 0 Å². The molecule has 20 heavy (non-hydrogen) atoms. The van der Waals surface area contributed by atoms with Gasteiger partial charge in [0, 0.05) is 25.3 Å². The number of carbonyl (C=O) groups is 1. The minimum Gasteiger partial charge on any atom is -0.337 e.